The molecular formula is C6H8BO4. The third kappa shape index (κ3) is 4.19. The van der Waals surface area contributed by atoms with Crippen LogP contribution in [0.25, 0.3) is 0 Å². The van der Waals surface area contributed by atoms with Crippen LogP contribution < -0.4 is 0 Å². The lowest BCUT2D eigenvalue weighted by Crippen LogP contribution is -2.16. The fourth-order valence-electron chi connectivity index (χ4n) is 0.590. The molecule has 0 saturated carbocycles. The van der Waals surface area contributed by atoms with Crippen LogP contribution >= 0.6 is 0 Å². The zero-order valence-corrected chi connectivity index (χ0v) is 5.86. The summed E-state index contributed by atoms with van der Waals surface area (Å²) in [6, 6.07) is 0. The first-order valence-electron chi connectivity index (χ1n) is 2.98. The number of hydrogen-bond donors (Lipinski definition) is 2. The van der Waals surface area contributed by atoms with E-state index in [0.29, 0.717) is 0 Å². The predicted octanol–water partition coefficient (Wildman–Crippen LogP) is 0.182. The van der Waals surface area contributed by atoms with E-state index in [2.05, 4.69) is 6.58 Å². The molecule has 1 unspecified atom stereocenters. The molecule has 0 amide bonds. The highest BCUT2D eigenvalue weighted by molar-refractivity contribution is 6.49. The zero-order valence-electron chi connectivity index (χ0n) is 5.86. The SMILES string of the molecule is C=C[B]C(CC(=O)O)C(=O)O. The smallest absolute Gasteiger partial charge is 0.303 e. The second-order valence-electron chi connectivity index (χ2n) is 1.97. The van der Waals surface area contributed by atoms with Gasteiger partial charge in [-0.1, -0.05) is 0 Å². The van der Waals surface area contributed by atoms with E-state index in [1.807, 2.05) is 0 Å². The Kier molecular flexibility index (Phi) is 4.03. The van der Waals surface area contributed by atoms with E-state index in [1.54, 1.807) is 0 Å². The maximum absolute atomic E-state index is 10.3. The zero-order chi connectivity index (χ0) is 8.85. The normalized spacial score (nSPS) is 11.6. The van der Waals surface area contributed by atoms with Crippen LogP contribution in [0.5, 0.6) is 0 Å². The molecule has 0 saturated heterocycles. The number of carbonyl (C=O) groups is 2. The predicted molar refractivity (Wildman–Crippen MR) is 39.6 cm³/mol. The molecule has 0 fully saturated rings. The highest BCUT2D eigenvalue weighted by atomic mass is 16.4. The van der Waals surface area contributed by atoms with Crippen molar-refractivity contribution in [2.45, 2.75) is 12.2 Å². The summed E-state index contributed by atoms with van der Waals surface area (Å²) in [4.78, 5) is 20.4. The van der Waals surface area contributed by atoms with E-state index >= 15 is 0 Å². The maximum Gasteiger partial charge on any atom is 0.303 e. The number of rotatable bonds is 5. The van der Waals surface area contributed by atoms with Crippen LogP contribution in [0.1, 0.15) is 6.42 Å². The van der Waals surface area contributed by atoms with Gasteiger partial charge >= 0.3 is 5.97 Å². The minimum Gasteiger partial charge on any atom is -0.482 e. The Balaban J connectivity index is 3.99. The molecule has 5 heteroatoms. The van der Waals surface area contributed by atoms with Crippen molar-refractivity contribution >= 4 is 19.2 Å². The molecule has 0 aromatic heterocycles. The molecular weight excluding hydrogens is 147 g/mol. The van der Waals surface area contributed by atoms with Gasteiger partial charge in [0.25, 0.3) is 5.97 Å². The van der Waals surface area contributed by atoms with Gasteiger partial charge in [-0.15, -0.1) is 12.6 Å². The van der Waals surface area contributed by atoms with Crippen LogP contribution in [0, 0.1) is 0 Å². The first-order valence-corrected chi connectivity index (χ1v) is 2.98. The first kappa shape index (κ1) is 9.74. The van der Waals surface area contributed by atoms with Gasteiger partial charge in [0.1, 0.15) is 0 Å². The Morgan fingerprint density at radius 3 is 2.36 bits per heavy atom. The third-order valence-corrected chi connectivity index (χ3v) is 1.08. The highest BCUT2D eigenvalue weighted by Crippen LogP contribution is 2.08. The van der Waals surface area contributed by atoms with E-state index < -0.39 is 24.2 Å². The summed E-state index contributed by atoms with van der Waals surface area (Å²) >= 11 is 0. The first-order chi connectivity index (χ1) is 5.07. The Hall–Kier alpha value is -1.26. The maximum atomic E-state index is 10.3. The molecule has 0 spiro atoms. The van der Waals surface area contributed by atoms with Gasteiger partial charge in [-0.2, -0.15) is 0 Å². The Labute approximate surface area is 64.8 Å². The van der Waals surface area contributed by atoms with Crippen molar-refractivity contribution < 1.29 is 19.8 Å². The van der Waals surface area contributed by atoms with Crippen molar-refractivity contribution in [3.63, 3.8) is 0 Å². The van der Waals surface area contributed by atoms with Crippen molar-refractivity contribution in [2.24, 2.45) is 0 Å². The highest BCUT2D eigenvalue weighted by Gasteiger charge is 2.19. The fraction of sp³-hybridized carbons (Fsp3) is 0.333. The number of aliphatic carboxylic acids is 2. The average molecular weight is 155 g/mol. The average Bonchev–Trinajstić information content (AvgIpc) is 1.86. The van der Waals surface area contributed by atoms with Gasteiger partial charge in [0.05, 0.1) is 6.42 Å². The number of carboxylic acid groups (broad SMARTS) is 2. The summed E-state index contributed by atoms with van der Waals surface area (Å²) in [7, 11) is 1.25. The molecule has 11 heavy (non-hydrogen) atoms. The van der Waals surface area contributed by atoms with E-state index in [9.17, 15) is 9.59 Å². The van der Waals surface area contributed by atoms with E-state index in [4.69, 9.17) is 10.2 Å². The van der Waals surface area contributed by atoms with Gasteiger partial charge in [-0.05, 0) is 0 Å². The summed E-state index contributed by atoms with van der Waals surface area (Å²) in [5.74, 6) is -1.96. The molecule has 0 aliphatic rings. The molecule has 1 atom stereocenters. The second-order valence-corrected chi connectivity index (χ2v) is 1.97. The largest absolute Gasteiger partial charge is 0.482 e. The van der Waals surface area contributed by atoms with Gasteiger partial charge in [-0.25, -0.2) is 0 Å². The molecule has 1 radical (unpaired) electrons. The summed E-state index contributed by atoms with van der Waals surface area (Å²) in [5.41, 5.74) is 0. The van der Waals surface area contributed by atoms with Crippen molar-refractivity contribution in [3.8, 4) is 0 Å². The molecule has 4 nitrogen and oxygen atoms in total. The summed E-state index contributed by atoms with van der Waals surface area (Å²) in [5, 5.41) is 16.7. The minimum atomic E-state index is -1.15. The van der Waals surface area contributed by atoms with Crippen LogP contribution in [0.2, 0.25) is 5.82 Å². The standard InChI is InChI=1S/C6H8BO4/c1-2-7-4(6(10)11)3-5(8)9/h2,4H,1,3H2,(H,8,9)(H,10,11). The van der Waals surface area contributed by atoms with Crippen molar-refractivity contribution in [1.82, 2.24) is 0 Å². The van der Waals surface area contributed by atoms with Crippen LogP contribution in [0.15, 0.2) is 12.6 Å². The van der Waals surface area contributed by atoms with Gasteiger partial charge in [0.2, 0.25) is 0 Å². The Bertz CT molecular complexity index is 177. The minimum absolute atomic E-state index is 0.401. The van der Waals surface area contributed by atoms with Crippen molar-refractivity contribution in [1.29, 1.82) is 0 Å². The van der Waals surface area contributed by atoms with Crippen molar-refractivity contribution in [3.05, 3.63) is 12.6 Å². The third-order valence-electron chi connectivity index (χ3n) is 1.08. The molecule has 0 bridgehead atoms. The van der Waals surface area contributed by atoms with Gasteiger partial charge in [0.15, 0.2) is 7.28 Å². The van der Waals surface area contributed by atoms with E-state index in [1.165, 1.54) is 13.3 Å². The van der Waals surface area contributed by atoms with Gasteiger partial charge in [-0.3, -0.25) is 9.59 Å². The second kappa shape index (κ2) is 4.54. The lowest BCUT2D eigenvalue weighted by atomic mass is 9.63. The molecule has 59 valence electrons. The fourth-order valence-corrected chi connectivity index (χ4v) is 0.590. The summed E-state index contributed by atoms with van der Waals surface area (Å²) < 4.78 is 0. The molecule has 0 aliphatic carbocycles. The topological polar surface area (TPSA) is 74.6 Å². The monoisotopic (exact) mass is 155 g/mol. The molecule has 2 N–H and O–H groups in total. The molecule has 0 aromatic rings. The summed E-state index contributed by atoms with van der Waals surface area (Å²) in [6.07, 6.45) is -0.401. The lowest BCUT2D eigenvalue weighted by molar-refractivity contribution is -0.143. The number of hydrogen-bond acceptors (Lipinski definition) is 2. The molecule has 0 aromatic carbocycles. The lowest BCUT2D eigenvalue weighted by Gasteiger charge is -2.03. The van der Waals surface area contributed by atoms with Gasteiger partial charge < -0.3 is 10.2 Å². The number of carboxylic acids is 2. The summed E-state index contributed by atoms with van der Waals surface area (Å²) in [6.45, 7) is 3.28. The quantitative estimate of drug-likeness (QED) is 0.555. The van der Waals surface area contributed by atoms with Crippen LogP contribution in [-0.2, 0) is 9.59 Å². The molecule has 0 heterocycles. The Morgan fingerprint density at radius 2 is 2.09 bits per heavy atom. The van der Waals surface area contributed by atoms with Crippen LogP contribution in [-0.4, -0.2) is 29.4 Å². The van der Waals surface area contributed by atoms with E-state index in [0.717, 1.165) is 0 Å². The van der Waals surface area contributed by atoms with E-state index in [-0.39, 0.29) is 0 Å². The van der Waals surface area contributed by atoms with Crippen LogP contribution in [0.4, 0.5) is 0 Å². The molecule has 0 aliphatic heterocycles. The van der Waals surface area contributed by atoms with Gasteiger partial charge in [0, 0.05) is 5.82 Å². The van der Waals surface area contributed by atoms with Crippen molar-refractivity contribution in [2.75, 3.05) is 0 Å². The van der Waals surface area contributed by atoms with Crippen LogP contribution in [0.3, 0.4) is 0 Å². The molecule has 0 rings (SSSR count). The Morgan fingerprint density at radius 1 is 1.55 bits per heavy atom.